The van der Waals surface area contributed by atoms with Crippen LogP contribution in [0.3, 0.4) is 0 Å². The van der Waals surface area contributed by atoms with Crippen LogP contribution in [0.2, 0.25) is 0 Å². The Hall–Kier alpha value is -2.04. The maximum absolute atomic E-state index is 12.7. The van der Waals surface area contributed by atoms with Gasteiger partial charge in [0.1, 0.15) is 5.60 Å². The highest BCUT2D eigenvalue weighted by atomic mass is 16.6. The SMILES string of the molecule is CC(C)(C)OC(=O)N(C1CCC(c2c[nH]c3cccnc23)CC1)C1CC1. The summed E-state index contributed by atoms with van der Waals surface area (Å²) in [5.41, 5.74) is 3.10. The summed E-state index contributed by atoms with van der Waals surface area (Å²) in [5.74, 6) is 0.523. The molecule has 0 saturated heterocycles. The molecule has 0 spiro atoms. The maximum atomic E-state index is 12.7. The van der Waals surface area contributed by atoms with Gasteiger partial charge in [-0.3, -0.25) is 4.98 Å². The number of ether oxygens (including phenoxy) is 1. The summed E-state index contributed by atoms with van der Waals surface area (Å²) in [4.78, 5) is 22.7. The normalized spacial score (nSPS) is 23.8. The highest BCUT2D eigenvalue weighted by Crippen LogP contribution is 2.40. The lowest BCUT2D eigenvalue weighted by Crippen LogP contribution is -2.46. The van der Waals surface area contributed by atoms with Crippen LogP contribution < -0.4 is 0 Å². The van der Waals surface area contributed by atoms with Gasteiger partial charge < -0.3 is 14.6 Å². The molecular formula is C21H29N3O2. The number of hydrogen-bond acceptors (Lipinski definition) is 3. The van der Waals surface area contributed by atoms with Gasteiger partial charge in [0.25, 0.3) is 0 Å². The number of hydrogen-bond donors (Lipinski definition) is 1. The molecule has 4 rings (SSSR count). The predicted octanol–water partition coefficient (Wildman–Crippen LogP) is 4.99. The van der Waals surface area contributed by atoms with Crippen LogP contribution in [0.1, 0.15) is 70.8 Å². The van der Waals surface area contributed by atoms with Crippen LogP contribution in [0.5, 0.6) is 0 Å². The van der Waals surface area contributed by atoms with Gasteiger partial charge in [0.15, 0.2) is 0 Å². The van der Waals surface area contributed by atoms with Gasteiger partial charge in [-0.15, -0.1) is 0 Å². The smallest absolute Gasteiger partial charge is 0.410 e. The first kappa shape index (κ1) is 17.4. The number of nitrogens with one attached hydrogen (secondary N) is 1. The first-order valence-electron chi connectivity index (χ1n) is 9.86. The van der Waals surface area contributed by atoms with Crippen molar-refractivity contribution in [2.75, 3.05) is 0 Å². The van der Waals surface area contributed by atoms with Gasteiger partial charge in [0.2, 0.25) is 0 Å². The van der Waals surface area contributed by atoms with E-state index in [-0.39, 0.29) is 6.09 Å². The Morgan fingerprint density at radius 2 is 1.81 bits per heavy atom. The number of aromatic amines is 1. The van der Waals surface area contributed by atoms with Gasteiger partial charge in [0.05, 0.1) is 11.0 Å². The first-order valence-corrected chi connectivity index (χ1v) is 9.86. The monoisotopic (exact) mass is 355 g/mol. The summed E-state index contributed by atoms with van der Waals surface area (Å²) in [6.07, 6.45) is 10.4. The van der Waals surface area contributed by atoms with Gasteiger partial charge in [-0.2, -0.15) is 0 Å². The van der Waals surface area contributed by atoms with Gasteiger partial charge in [-0.1, -0.05) is 0 Å². The summed E-state index contributed by atoms with van der Waals surface area (Å²) in [6.45, 7) is 5.82. The van der Waals surface area contributed by atoms with E-state index in [1.807, 2.05) is 33.0 Å². The Balaban J connectivity index is 1.44. The molecule has 2 heterocycles. The molecule has 0 atom stereocenters. The molecule has 1 amide bonds. The van der Waals surface area contributed by atoms with Crippen molar-refractivity contribution in [1.29, 1.82) is 0 Å². The molecule has 0 aliphatic heterocycles. The van der Waals surface area contributed by atoms with E-state index in [0.29, 0.717) is 18.0 Å². The van der Waals surface area contributed by atoms with Crippen molar-refractivity contribution in [3.8, 4) is 0 Å². The van der Waals surface area contributed by atoms with Crippen LogP contribution in [-0.4, -0.2) is 38.6 Å². The van der Waals surface area contributed by atoms with E-state index in [0.717, 1.165) is 49.6 Å². The zero-order valence-electron chi connectivity index (χ0n) is 16.0. The fourth-order valence-electron chi connectivity index (χ4n) is 4.22. The minimum absolute atomic E-state index is 0.128. The predicted molar refractivity (Wildman–Crippen MR) is 102 cm³/mol. The first-order chi connectivity index (χ1) is 12.4. The molecule has 2 aliphatic carbocycles. The maximum Gasteiger partial charge on any atom is 0.410 e. The molecule has 2 fully saturated rings. The van der Waals surface area contributed by atoms with E-state index in [4.69, 9.17) is 4.74 Å². The molecular weight excluding hydrogens is 326 g/mol. The molecule has 5 nitrogen and oxygen atoms in total. The Morgan fingerprint density at radius 3 is 2.42 bits per heavy atom. The third-order valence-electron chi connectivity index (χ3n) is 5.54. The zero-order chi connectivity index (χ0) is 18.3. The summed E-state index contributed by atoms with van der Waals surface area (Å²) in [6, 6.07) is 4.75. The van der Waals surface area contributed by atoms with Crippen molar-refractivity contribution in [3.05, 3.63) is 30.1 Å². The average Bonchev–Trinajstić information content (AvgIpc) is 3.32. The Labute approximate surface area is 155 Å². The number of pyridine rings is 1. The van der Waals surface area contributed by atoms with Crippen LogP contribution in [-0.2, 0) is 4.74 Å². The number of nitrogens with zero attached hydrogens (tertiary/aromatic N) is 2. The van der Waals surface area contributed by atoms with E-state index < -0.39 is 5.60 Å². The van der Waals surface area contributed by atoms with E-state index in [1.54, 1.807) is 0 Å². The van der Waals surface area contributed by atoms with Crippen molar-refractivity contribution >= 4 is 17.1 Å². The number of aromatic nitrogens is 2. The van der Waals surface area contributed by atoms with Crippen LogP contribution >= 0.6 is 0 Å². The molecule has 140 valence electrons. The molecule has 0 radical (unpaired) electrons. The number of amides is 1. The number of H-pyrrole nitrogens is 1. The highest BCUT2D eigenvalue weighted by Gasteiger charge is 2.41. The number of carbonyl (C=O) groups excluding carboxylic acids is 1. The summed E-state index contributed by atoms with van der Waals surface area (Å²) in [7, 11) is 0. The Morgan fingerprint density at radius 1 is 1.15 bits per heavy atom. The quantitative estimate of drug-likeness (QED) is 0.844. The largest absolute Gasteiger partial charge is 0.444 e. The summed E-state index contributed by atoms with van der Waals surface area (Å²) in [5, 5.41) is 0. The molecule has 26 heavy (non-hydrogen) atoms. The third-order valence-corrected chi connectivity index (χ3v) is 5.54. The second-order valence-electron chi connectivity index (χ2n) is 8.77. The zero-order valence-corrected chi connectivity index (χ0v) is 16.0. The Bertz CT molecular complexity index is 780. The molecule has 0 aromatic carbocycles. The number of carbonyl (C=O) groups is 1. The van der Waals surface area contributed by atoms with E-state index >= 15 is 0 Å². The number of fused-ring (bicyclic) bond motifs is 1. The van der Waals surface area contributed by atoms with Gasteiger partial charge in [-0.05, 0) is 82.9 Å². The molecule has 0 unspecified atom stereocenters. The molecule has 2 aliphatic rings. The second kappa shape index (κ2) is 6.60. The van der Waals surface area contributed by atoms with Crippen LogP contribution in [0, 0.1) is 0 Å². The van der Waals surface area contributed by atoms with Gasteiger partial charge in [0, 0.05) is 24.5 Å². The van der Waals surface area contributed by atoms with Crippen LogP contribution in [0.25, 0.3) is 11.0 Å². The molecule has 2 aromatic rings. The standard InChI is InChI=1S/C21H29N3O2/c1-21(2,3)26-20(25)24(16-10-11-16)15-8-6-14(7-9-15)17-13-23-18-5-4-12-22-19(17)18/h4-5,12-16,23H,6-11H2,1-3H3. The lowest BCUT2D eigenvalue weighted by molar-refractivity contribution is 0.00926. The van der Waals surface area contributed by atoms with Crippen LogP contribution in [0.15, 0.2) is 24.5 Å². The van der Waals surface area contributed by atoms with Crippen LogP contribution in [0.4, 0.5) is 4.79 Å². The molecule has 0 bridgehead atoms. The molecule has 1 N–H and O–H groups in total. The molecule has 5 heteroatoms. The van der Waals surface area contributed by atoms with Crippen molar-refractivity contribution in [2.24, 2.45) is 0 Å². The minimum Gasteiger partial charge on any atom is -0.444 e. The van der Waals surface area contributed by atoms with Gasteiger partial charge >= 0.3 is 6.09 Å². The van der Waals surface area contributed by atoms with Crippen molar-refractivity contribution < 1.29 is 9.53 Å². The Kier molecular flexibility index (Phi) is 4.41. The van der Waals surface area contributed by atoms with Crippen molar-refractivity contribution in [3.63, 3.8) is 0 Å². The highest BCUT2D eigenvalue weighted by molar-refractivity contribution is 5.79. The van der Waals surface area contributed by atoms with E-state index in [1.165, 1.54) is 5.56 Å². The fraction of sp³-hybridized carbons (Fsp3) is 0.619. The van der Waals surface area contributed by atoms with Crippen molar-refractivity contribution in [2.45, 2.75) is 82.9 Å². The second-order valence-corrected chi connectivity index (χ2v) is 8.77. The number of rotatable bonds is 3. The molecule has 2 aromatic heterocycles. The van der Waals surface area contributed by atoms with Gasteiger partial charge in [-0.25, -0.2) is 4.79 Å². The average molecular weight is 355 g/mol. The summed E-state index contributed by atoms with van der Waals surface area (Å²) < 4.78 is 5.68. The third kappa shape index (κ3) is 3.57. The van der Waals surface area contributed by atoms with E-state index in [2.05, 4.69) is 27.1 Å². The fourth-order valence-corrected chi connectivity index (χ4v) is 4.22. The summed E-state index contributed by atoms with van der Waals surface area (Å²) >= 11 is 0. The topological polar surface area (TPSA) is 58.2 Å². The lowest BCUT2D eigenvalue weighted by Gasteiger charge is -2.37. The lowest BCUT2D eigenvalue weighted by atomic mass is 9.81. The minimum atomic E-state index is -0.433. The van der Waals surface area contributed by atoms with Crippen molar-refractivity contribution in [1.82, 2.24) is 14.9 Å². The molecule has 2 saturated carbocycles. The van der Waals surface area contributed by atoms with E-state index in [9.17, 15) is 4.79 Å².